The van der Waals surface area contributed by atoms with Gasteiger partial charge in [0.2, 0.25) is 0 Å². The number of aromatic nitrogens is 2. The van der Waals surface area contributed by atoms with Crippen LogP contribution in [-0.4, -0.2) is 41.1 Å². The van der Waals surface area contributed by atoms with Crippen LogP contribution >= 0.6 is 0 Å². The molecule has 3 aromatic rings. The highest BCUT2D eigenvalue weighted by Crippen LogP contribution is 2.21. The first-order valence-electron chi connectivity index (χ1n) is 9.35. The molecular weight excluding hydrogens is 338 g/mol. The van der Waals surface area contributed by atoms with Gasteiger partial charge in [-0.2, -0.15) is 0 Å². The minimum absolute atomic E-state index is 0.293. The summed E-state index contributed by atoms with van der Waals surface area (Å²) in [5.41, 5.74) is 7.08. The third-order valence-corrected chi connectivity index (χ3v) is 5.04. The van der Waals surface area contributed by atoms with Gasteiger partial charge < -0.3 is 20.7 Å². The Bertz CT molecular complexity index is 904. The lowest BCUT2D eigenvalue weighted by molar-refractivity contribution is 0.114. The molecule has 0 spiro atoms. The molecule has 27 heavy (non-hydrogen) atoms. The smallest absolute Gasteiger partial charge is 0.138 e. The van der Waals surface area contributed by atoms with Crippen molar-refractivity contribution in [1.82, 2.24) is 14.9 Å². The maximum absolute atomic E-state index is 6.05. The average molecular weight is 363 g/mol. The zero-order valence-electron chi connectivity index (χ0n) is 15.6. The largest absolute Gasteiger partial charge is 0.489 e. The van der Waals surface area contributed by atoms with E-state index in [1.54, 1.807) is 12.4 Å². The molecule has 0 saturated carbocycles. The van der Waals surface area contributed by atoms with E-state index in [0.29, 0.717) is 18.5 Å². The Morgan fingerprint density at radius 3 is 2.78 bits per heavy atom. The van der Waals surface area contributed by atoms with Gasteiger partial charge in [0, 0.05) is 31.2 Å². The number of rotatable bonds is 5. The van der Waals surface area contributed by atoms with Crippen LogP contribution in [-0.2, 0) is 6.54 Å². The Labute approximate surface area is 159 Å². The Morgan fingerprint density at radius 1 is 1.15 bits per heavy atom. The maximum atomic E-state index is 6.05. The Hall–Kier alpha value is -2.86. The van der Waals surface area contributed by atoms with Gasteiger partial charge in [-0.05, 0) is 55.1 Å². The molecule has 1 aliphatic heterocycles. The van der Waals surface area contributed by atoms with E-state index in [0.717, 1.165) is 48.3 Å². The Morgan fingerprint density at radius 2 is 2.00 bits per heavy atom. The van der Waals surface area contributed by atoms with Crippen molar-refractivity contribution in [2.45, 2.75) is 25.5 Å². The van der Waals surface area contributed by atoms with Gasteiger partial charge in [0.05, 0.1) is 6.20 Å². The average Bonchev–Trinajstić information content (AvgIpc) is 2.69. The van der Waals surface area contributed by atoms with E-state index >= 15 is 0 Å². The van der Waals surface area contributed by atoms with Gasteiger partial charge in [-0.1, -0.05) is 12.1 Å². The molecule has 0 radical (unpaired) electrons. The Kier molecular flexibility index (Phi) is 5.07. The van der Waals surface area contributed by atoms with Gasteiger partial charge in [0.15, 0.2) is 0 Å². The summed E-state index contributed by atoms with van der Waals surface area (Å²) in [6, 6.07) is 12.1. The number of hydrogen-bond acceptors (Lipinski definition) is 6. The molecule has 0 aliphatic carbocycles. The molecular formula is C21H25N5O. The number of nitrogen functional groups attached to an aromatic ring is 1. The van der Waals surface area contributed by atoms with Crippen LogP contribution in [0.4, 0.5) is 11.6 Å². The second-order valence-corrected chi connectivity index (χ2v) is 7.10. The predicted octanol–water partition coefficient (Wildman–Crippen LogP) is 3.30. The number of fused-ring (bicyclic) bond motifs is 1. The molecule has 0 unspecified atom stereocenters. The third kappa shape index (κ3) is 4.28. The highest BCUT2D eigenvalue weighted by atomic mass is 16.5. The molecule has 1 aliphatic rings. The lowest BCUT2D eigenvalue weighted by Gasteiger charge is -2.29. The molecule has 0 bridgehead atoms. The number of likely N-dealkylation sites (tertiary alicyclic amines) is 1. The highest BCUT2D eigenvalue weighted by Gasteiger charge is 2.18. The number of benzene rings is 1. The molecule has 6 nitrogen and oxygen atoms in total. The lowest BCUT2D eigenvalue weighted by atomic mass is 10.1. The van der Waals surface area contributed by atoms with Crippen molar-refractivity contribution in [3.05, 3.63) is 54.4 Å². The van der Waals surface area contributed by atoms with Gasteiger partial charge in [-0.15, -0.1) is 0 Å². The van der Waals surface area contributed by atoms with E-state index in [-0.39, 0.29) is 0 Å². The molecule has 140 valence electrons. The van der Waals surface area contributed by atoms with E-state index in [1.165, 1.54) is 5.56 Å². The predicted molar refractivity (Wildman–Crippen MR) is 109 cm³/mol. The number of nitrogens with two attached hydrogens (primary N) is 1. The van der Waals surface area contributed by atoms with E-state index < -0.39 is 0 Å². The standard InChI is InChI=1S/C21H25N5O/c1-26-10-7-17(8-11-26)27-18-3-5-20(25-14-18)24-13-15-2-4-19-16(12-15)6-9-23-21(19)22/h2-6,9,12,14,17H,7-8,10-11,13H2,1H3,(H2,22,23)(H,24,25). The van der Waals surface area contributed by atoms with Crippen molar-refractivity contribution in [3.8, 4) is 5.75 Å². The van der Waals surface area contributed by atoms with Gasteiger partial charge in [-0.25, -0.2) is 9.97 Å². The molecule has 0 amide bonds. The summed E-state index contributed by atoms with van der Waals surface area (Å²) in [5.74, 6) is 2.23. The first-order valence-corrected chi connectivity index (χ1v) is 9.35. The number of anilines is 2. The van der Waals surface area contributed by atoms with Crippen molar-refractivity contribution in [3.63, 3.8) is 0 Å². The summed E-state index contributed by atoms with van der Waals surface area (Å²) in [7, 11) is 2.15. The number of pyridine rings is 2. The Balaban J connectivity index is 1.35. The molecule has 2 aromatic heterocycles. The van der Waals surface area contributed by atoms with Gasteiger partial charge in [-0.3, -0.25) is 0 Å². The summed E-state index contributed by atoms with van der Waals surface area (Å²) in [4.78, 5) is 10.9. The minimum atomic E-state index is 0.293. The zero-order valence-corrected chi connectivity index (χ0v) is 15.6. The number of nitrogens with zero attached hydrogens (tertiary/aromatic N) is 3. The van der Waals surface area contributed by atoms with Crippen LogP contribution in [0.5, 0.6) is 5.75 Å². The van der Waals surface area contributed by atoms with Crippen LogP contribution in [0, 0.1) is 0 Å². The van der Waals surface area contributed by atoms with Crippen LogP contribution < -0.4 is 15.8 Å². The summed E-state index contributed by atoms with van der Waals surface area (Å²) >= 11 is 0. The molecule has 6 heteroatoms. The molecule has 3 heterocycles. The summed E-state index contributed by atoms with van der Waals surface area (Å²) < 4.78 is 6.05. The van der Waals surface area contributed by atoms with Crippen molar-refractivity contribution < 1.29 is 4.74 Å². The fourth-order valence-corrected chi connectivity index (χ4v) is 3.40. The second-order valence-electron chi connectivity index (χ2n) is 7.10. The summed E-state index contributed by atoms with van der Waals surface area (Å²) in [6.45, 7) is 2.87. The molecule has 3 N–H and O–H groups in total. The molecule has 4 rings (SSSR count). The van der Waals surface area contributed by atoms with Crippen LogP contribution in [0.1, 0.15) is 18.4 Å². The zero-order chi connectivity index (χ0) is 18.6. The van der Waals surface area contributed by atoms with E-state index in [2.05, 4.69) is 39.4 Å². The van der Waals surface area contributed by atoms with Crippen LogP contribution in [0.2, 0.25) is 0 Å². The summed E-state index contributed by atoms with van der Waals surface area (Å²) in [5, 5.41) is 5.43. The first kappa shape index (κ1) is 17.5. The molecule has 0 atom stereocenters. The first-order chi connectivity index (χ1) is 13.2. The maximum Gasteiger partial charge on any atom is 0.138 e. The van der Waals surface area contributed by atoms with E-state index in [9.17, 15) is 0 Å². The van der Waals surface area contributed by atoms with Gasteiger partial charge >= 0.3 is 0 Å². The van der Waals surface area contributed by atoms with Crippen LogP contribution in [0.15, 0.2) is 48.8 Å². The van der Waals surface area contributed by atoms with Gasteiger partial charge in [0.25, 0.3) is 0 Å². The highest BCUT2D eigenvalue weighted by molar-refractivity contribution is 5.91. The minimum Gasteiger partial charge on any atom is -0.489 e. The van der Waals surface area contributed by atoms with E-state index in [4.69, 9.17) is 10.5 Å². The quantitative estimate of drug-likeness (QED) is 0.724. The van der Waals surface area contributed by atoms with Crippen molar-refractivity contribution in [2.24, 2.45) is 0 Å². The molecule has 1 saturated heterocycles. The SMILES string of the molecule is CN1CCC(Oc2ccc(NCc3ccc4c(N)nccc4c3)nc2)CC1. The fraction of sp³-hybridized carbons (Fsp3) is 0.333. The van der Waals surface area contributed by atoms with Crippen LogP contribution in [0.25, 0.3) is 10.8 Å². The number of piperidine rings is 1. The normalized spacial score (nSPS) is 15.7. The van der Waals surface area contributed by atoms with Crippen molar-refractivity contribution in [2.75, 3.05) is 31.2 Å². The van der Waals surface area contributed by atoms with E-state index in [1.807, 2.05) is 24.3 Å². The second kappa shape index (κ2) is 7.80. The third-order valence-electron chi connectivity index (χ3n) is 5.04. The van der Waals surface area contributed by atoms with Crippen molar-refractivity contribution in [1.29, 1.82) is 0 Å². The topological polar surface area (TPSA) is 76.3 Å². The van der Waals surface area contributed by atoms with Crippen LogP contribution in [0.3, 0.4) is 0 Å². The van der Waals surface area contributed by atoms with Crippen molar-refractivity contribution >= 4 is 22.4 Å². The number of ether oxygens (including phenoxy) is 1. The summed E-state index contributed by atoms with van der Waals surface area (Å²) in [6.07, 6.45) is 5.96. The number of hydrogen-bond donors (Lipinski definition) is 2. The lowest BCUT2D eigenvalue weighted by Crippen LogP contribution is -2.35. The number of nitrogens with one attached hydrogen (secondary N) is 1. The molecule has 1 fully saturated rings. The molecule has 1 aromatic carbocycles. The monoisotopic (exact) mass is 363 g/mol. The van der Waals surface area contributed by atoms with Gasteiger partial charge in [0.1, 0.15) is 23.5 Å². The fourth-order valence-electron chi connectivity index (χ4n) is 3.40.